The molecular formula is C24H16Cl2N12O6S. The number of aromatic hydroxyl groups is 2. The van der Waals surface area contributed by atoms with Gasteiger partial charge in [-0.3, -0.25) is 0 Å². The molecule has 2 aliphatic heterocycles. The van der Waals surface area contributed by atoms with Crippen LogP contribution < -0.4 is 10.6 Å². The van der Waals surface area contributed by atoms with Crippen LogP contribution in [0.4, 0.5) is 32.9 Å². The molecule has 21 heteroatoms. The summed E-state index contributed by atoms with van der Waals surface area (Å²) in [6.07, 6.45) is 0.817. The van der Waals surface area contributed by atoms with E-state index in [2.05, 4.69) is 51.0 Å². The number of fused-ring (bicyclic) bond motifs is 2. The first-order valence-electron chi connectivity index (χ1n) is 12.4. The van der Waals surface area contributed by atoms with Crippen LogP contribution in [-0.4, -0.2) is 68.0 Å². The van der Waals surface area contributed by atoms with E-state index in [1.54, 1.807) is 24.3 Å². The number of amides is 4. The third kappa shape index (κ3) is 5.73. The summed E-state index contributed by atoms with van der Waals surface area (Å²) in [5.41, 5.74) is -0.301. The zero-order chi connectivity index (χ0) is 32.0. The first kappa shape index (κ1) is 29.5. The van der Waals surface area contributed by atoms with Gasteiger partial charge in [0.1, 0.15) is 11.4 Å². The smallest absolute Gasteiger partial charge is 0.348 e. The van der Waals surface area contributed by atoms with Gasteiger partial charge in [-0.1, -0.05) is 23.2 Å². The summed E-state index contributed by atoms with van der Waals surface area (Å²) in [6, 6.07) is 10.5. The normalized spacial score (nSPS) is 15.2. The Labute approximate surface area is 261 Å². The summed E-state index contributed by atoms with van der Waals surface area (Å²) in [4.78, 5) is 40.6. The fourth-order valence-electron chi connectivity index (χ4n) is 4.19. The van der Waals surface area contributed by atoms with Gasteiger partial charge in [-0.05, 0) is 48.5 Å². The van der Waals surface area contributed by atoms with Crippen molar-refractivity contribution in [2.24, 2.45) is 30.4 Å². The Hall–Kier alpha value is -5.53. The van der Waals surface area contributed by atoms with Gasteiger partial charge < -0.3 is 20.8 Å². The highest BCUT2D eigenvalue weighted by Crippen LogP contribution is 2.43. The molecule has 4 amide bonds. The van der Waals surface area contributed by atoms with Crippen molar-refractivity contribution >= 4 is 80.3 Å². The number of aliphatic imine (C=N–C) groups is 2. The molecule has 0 atom stereocenters. The molecule has 0 saturated heterocycles. The number of hydrogen-bond acceptors (Lipinski definition) is 10. The summed E-state index contributed by atoms with van der Waals surface area (Å²) >= 11 is 11.7. The van der Waals surface area contributed by atoms with Crippen molar-refractivity contribution in [3.05, 3.63) is 70.0 Å². The largest absolute Gasteiger partial charge is 0.493 e. The minimum absolute atomic E-state index is 0.304. The molecule has 0 saturated carbocycles. The number of benzene rings is 2. The molecule has 0 radical (unpaired) electrons. The molecule has 2 aromatic heterocycles. The average molecular weight is 671 g/mol. The lowest BCUT2D eigenvalue weighted by atomic mass is 10.2. The van der Waals surface area contributed by atoms with Crippen molar-refractivity contribution in [1.82, 2.24) is 19.1 Å². The predicted molar refractivity (Wildman–Crippen MR) is 160 cm³/mol. The molecule has 0 aliphatic carbocycles. The molecule has 228 valence electrons. The summed E-state index contributed by atoms with van der Waals surface area (Å²) in [7, 11) is -4.24. The number of urea groups is 2. The summed E-state index contributed by atoms with van der Waals surface area (Å²) in [5, 5.41) is 41.0. The van der Waals surface area contributed by atoms with Gasteiger partial charge in [0.25, 0.3) is 23.8 Å². The highest BCUT2D eigenvalue weighted by molar-refractivity contribution is 7.91. The van der Waals surface area contributed by atoms with Gasteiger partial charge in [0, 0.05) is 27.7 Å². The first-order chi connectivity index (χ1) is 21.4. The summed E-state index contributed by atoms with van der Waals surface area (Å²) in [6.45, 7) is 0. The fraction of sp³-hybridized carbons (Fsp3) is 0.0833. The minimum atomic E-state index is -4.24. The van der Waals surface area contributed by atoms with Crippen LogP contribution in [0.5, 0.6) is 11.8 Å². The van der Waals surface area contributed by atoms with Crippen LogP contribution in [0.3, 0.4) is 0 Å². The molecule has 2 aliphatic rings. The number of sulfone groups is 1. The molecule has 4 aromatic rings. The van der Waals surface area contributed by atoms with E-state index in [0.717, 1.165) is 15.4 Å². The van der Waals surface area contributed by atoms with Crippen molar-refractivity contribution < 1.29 is 28.2 Å². The molecule has 0 unspecified atom stereocenters. The number of nitrogens with one attached hydrogen (secondary N) is 2. The van der Waals surface area contributed by atoms with Crippen LogP contribution in [0.1, 0.15) is 16.6 Å². The van der Waals surface area contributed by atoms with Crippen molar-refractivity contribution in [2.75, 3.05) is 16.9 Å². The van der Waals surface area contributed by atoms with E-state index in [1.807, 2.05) is 0 Å². The number of rotatable bonds is 5. The molecule has 0 spiro atoms. The quantitative estimate of drug-likeness (QED) is 0.224. The van der Waals surface area contributed by atoms with Crippen molar-refractivity contribution in [2.45, 2.75) is 5.25 Å². The molecule has 4 N–H and O–H groups in total. The number of halogens is 2. The third-order valence-corrected chi connectivity index (χ3v) is 7.91. The third-order valence-electron chi connectivity index (χ3n) is 6.10. The van der Waals surface area contributed by atoms with Crippen molar-refractivity contribution in [3.8, 4) is 11.8 Å². The number of nitrogens with zero attached hydrogens (tertiary/aromatic N) is 10. The number of aromatic nitrogens is 4. The zero-order valence-electron chi connectivity index (χ0n) is 22.4. The number of anilines is 2. The topological polar surface area (TPSA) is 243 Å². The Morgan fingerprint density at radius 2 is 1.11 bits per heavy atom. The van der Waals surface area contributed by atoms with E-state index in [1.165, 1.54) is 24.3 Å². The lowest BCUT2D eigenvalue weighted by Crippen LogP contribution is -2.16. The van der Waals surface area contributed by atoms with E-state index < -0.39 is 62.2 Å². The Bertz CT molecular complexity index is 1980. The van der Waals surface area contributed by atoms with Crippen LogP contribution >= 0.6 is 23.2 Å². The predicted octanol–water partition coefficient (Wildman–Crippen LogP) is 5.00. The summed E-state index contributed by atoms with van der Waals surface area (Å²) in [5.74, 6) is -3.05. The minimum Gasteiger partial charge on any atom is -0.493 e. The van der Waals surface area contributed by atoms with E-state index in [4.69, 9.17) is 23.2 Å². The highest BCUT2D eigenvalue weighted by atomic mass is 35.5. The lowest BCUT2D eigenvalue weighted by Gasteiger charge is -2.12. The van der Waals surface area contributed by atoms with Gasteiger partial charge in [0.05, 0.1) is 0 Å². The lowest BCUT2D eigenvalue weighted by molar-refractivity contribution is 0.258. The van der Waals surface area contributed by atoms with Crippen LogP contribution in [0.2, 0.25) is 10.0 Å². The first-order valence-corrected chi connectivity index (χ1v) is 15.1. The molecule has 0 bridgehead atoms. The highest BCUT2D eigenvalue weighted by Gasteiger charge is 2.41. The fourth-order valence-corrected chi connectivity index (χ4v) is 5.57. The van der Waals surface area contributed by atoms with E-state index in [0.29, 0.717) is 21.4 Å². The molecule has 45 heavy (non-hydrogen) atoms. The van der Waals surface area contributed by atoms with Gasteiger partial charge >= 0.3 is 12.1 Å². The standard InChI is InChI=1S/C24H16Cl2N12O6S/c1-45(43,44)16(14-17(39)37-19(29-14)33-35-21(37)31-23(41)27-12-6-2-10(25)3-7-12)15-18(40)38-20(30-15)34-36-22(38)32-24(42)28-13-8-4-11(26)5-9-13/h2-9,16,39-40H,1H3,(H,27,41)(H,28,42)/b31-21+,32-22+. The second-order valence-corrected chi connectivity index (χ2v) is 12.2. The second-order valence-electron chi connectivity index (χ2n) is 9.22. The monoisotopic (exact) mass is 670 g/mol. The van der Waals surface area contributed by atoms with Gasteiger partial charge in [0.2, 0.25) is 11.8 Å². The summed E-state index contributed by atoms with van der Waals surface area (Å²) < 4.78 is 27.7. The molecule has 18 nitrogen and oxygen atoms in total. The molecule has 4 heterocycles. The molecule has 0 fully saturated rings. The maximum Gasteiger partial charge on any atom is 0.348 e. The van der Waals surface area contributed by atoms with Crippen LogP contribution in [0, 0.1) is 0 Å². The Morgan fingerprint density at radius 3 is 1.47 bits per heavy atom. The molecule has 2 aromatic carbocycles. The van der Waals surface area contributed by atoms with E-state index in [9.17, 15) is 28.2 Å². The van der Waals surface area contributed by atoms with Crippen LogP contribution in [-0.2, 0) is 9.84 Å². The van der Waals surface area contributed by atoms with Crippen LogP contribution in [0.15, 0.2) is 79.0 Å². The Kier molecular flexibility index (Phi) is 7.35. The average Bonchev–Trinajstić information content (AvgIpc) is 3.71. The zero-order valence-corrected chi connectivity index (χ0v) is 24.7. The second kappa shape index (κ2) is 11.2. The van der Waals surface area contributed by atoms with Crippen molar-refractivity contribution in [3.63, 3.8) is 0 Å². The van der Waals surface area contributed by atoms with E-state index >= 15 is 0 Å². The van der Waals surface area contributed by atoms with Crippen LogP contribution in [0.25, 0.3) is 0 Å². The van der Waals surface area contributed by atoms with Gasteiger partial charge in [-0.15, -0.1) is 20.5 Å². The van der Waals surface area contributed by atoms with Gasteiger partial charge in [0.15, 0.2) is 15.1 Å². The Balaban J connectivity index is 1.31. The number of imidazole rings is 2. The maximum absolute atomic E-state index is 13.0. The number of carbonyl (C=O) groups excluding carboxylic acids is 2. The Morgan fingerprint density at radius 1 is 0.733 bits per heavy atom. The number of azo groups is 2. The maximum atomic E-state index is 13.0. The SMILES string of the molecule is CS(=O)(=O)C(c1nc2n(c1O)/C(=N/C(=O)Nc1ccc(Cl)cc1)N=N2)c1nc2n(c1O)/C(=N/C(=O)Nc1ccc(Cl)cc1)N=N2. The molecular weight excluding hydrogens is 655 g/mol. The van der Waals surface area contributed by atoms with Crippen molar-refractivity contribution in [1.29, 1.82) is 0 Å². The number of carbonyl (C=O) groups is 2. The van der Waals surface area contributed by atoms with E-state index in [-0.39, 0.29) is 11.9 Å². The molecule has 6 rings (SSSR count). The number of hydrogen-bond donors (Lipinski definition) is 4. The van der Waals surface area contributed by atoms with Gasteiger partial charge in [-0.2, -0.15) is 9.98 Å². The van der Waals surface area contributed by atoms with Gasteiger partial charge in [-0.25, -0.2) is 37.1 Å².